The molecule has 0 aliphatic heterocycles. The van der Waals surface area contributed by atoms with E-state index in [1.165, 1.54) is 4.90 Å². The van der Waals surface area contributed by atoms with E-state index < -0.39 is 13.7 Å². The van der Waals surface area contributed by atoms with Crippen molar-refractivity contribution in [2.24, 2.45) is 0 Å². The van der Waals surface area contributed by atoms with Gasteiger partial charge in [0.25, 0.3) is 0 Å². The standard InChI is InChI=1S/C28H35N2O6P/c1-7-35-37(33,36-8-2)18-22-9-11-23(12-10-22)24-13-19(3)14-25(15-24)30(28(31)32)17-26-21(5)27(34-6)20(4)16-29-26/h9-16H,7-8,17-18H2,1-6H3,(H,31,32). The quantitative estimate of drug-likeness (QED) is 0.265. The monoisotopic (exact) mass is 526 g/mol. The molecule has 0 saturated carbocycles. The number of hydrogen-bond acceptors (Lipinski definition) is 6. The topological polar surface area (TPSA) is 98.2 Å². The normalized spacial score (nSPS) is 11.4. The van der Waals surface area contributed by atoms with Crippen molar-refractivity contribution in [3.63, 3.8) is 0 Å². The molecule has 3 aromatic rings. The molecule has 0 bridgehead atoms. The van der Waals surface area contributed by atoms with E-state index in [9.17, 15) is 14.5 Å². The summed E-state index contributed by atoms with van der Waals surface area (Å²) in [6.07, 6.45) is 0.809. The number of pyridine rings is 1. The number of nitrogens with zero attached hydrogens (tertiary/aromatic N) is 2. The van der Waals surface area contributed by atoms with Crippen LogP contribution in [0.15, 0.2) is 48.7 Å². The molecule has 37 heavy (non-hydrogen) atoms. The highest BCUT2D eigenvalue weighted by atomic mass is 31.2. The molecule has 0 aliphatic carbocycles. The van der Waals surface area contributed by atoms with Crippen LogP contribution in [0.2, 0.25) is 0 Å². The predicted octanol–water partition coefficient (Wildman–Crippen LogP) is 7.13. The third kappa shape index (κ3) is 6.98. The van der Waals surface area contributed by atoms with Crippen LogP contribution in [0.25, 0.3) is 11.1 Å². The molecule has 3 rings (SSSR count). The summed E-state index contributed by atoms with van der Waals surface area (Å²) in [7, 11) is -1.61. The molecule has 0 radical (unpaired) electrons. The minimum absolute atomic E-state index is 0.0871. The fraction of sp³-hybridized carbons (Fsp3) is 0.357. The van der Waals surface area contributed by atoms with E-state index >= 15 is 0 Å². The maximum atomic E-state index is 12.9. The molecular weight excluding hydrogens is 491 g/mol. The van der Waals surface area contributed by atoms with Crippen LogP contribution in [-0.4, -0.2) is 36.5 Å². The maximum absolute atomic E-state index is 12.9. The lowest BCUT2D eigenvalue weighted by molar-refractivity contribution is 0.201. The van der Waals surface area contributed by atoms with Gasteiger partial charge in [-0.3, -0.25) is 14.4 Å². The van der Waals surface area contributed by atoms with E-state index in [2.05, 4.69) is 4.98 Å². The van der Waals surface area contributed by atoms with Gasteiger partial charge in [-0.2, -0.15) is 0 Å². The smallest absolute Gasteiger partial charge is 0.412 e. The number of carbonyl (C=O) groups is 1. The molecule has 2 aromatic carbocycles. The van der Waals surface area contributed by atoms with Gasteiger partial charge in [0.1, 0.15) is 5.75 Å². The highest BCUT2D eigenvalue weighted by Crippen LogP contribution is 2.51. The van der Waals surface area contributed by atoms with Crippen molar-refractivity contribution in [2.45, 2.75) is 47.3 Å². The maximum Gasteiger partial charge on any atom is 0.412 e. The molecule has 1 heterocycles. The van der Waals surface area contributed by atoms with Crippen molar-refractivity contribution in [1.29, 1.82) is 0 Å². The van der Waals surface area contributed by atoms with Crippen molar-refractivity contribution in [2.75, 3.05) is 25.2 Å². The first-order chi connectivity index (χ1) is 17.6. The van der Waals surface area contributed by atoms with Gasteiger partial charge in [-0.25, -0.2) is 4.79 Å². The number of anilines is 1. The highest BCUT2D eigenvalue weighted by molar-refractivity contribution is 7.53. The highest BCUT2D eigenvalue weighted by Gasteiger charge is 2.24. The van der Waals surface area contributed by atoms with Crippen LogP contribution in [0.3, 0.4) is 0 Å². The van der Waals surface area contributed by atoms with Gasteiger partial charge in [0.05, 0.1) is 38.7 Å². The van der Waals surface area contributed by atoms with E-state index in [4.69, 9.17) is 13.8 Å². The zero-order valence-corrected chi connectivity index (χ0v) is 23.2. The summed E-state index contributed by atoms with van der Waals surface area (Å²) < 4.78 is 29.2. The van der Waals surface area contributed by atoms with E-state index in [-0.39, 0.29) is 12.7 Å². The Morgan fingerprint density at radius 3 is 2.22 bits per heavy atom. The molecule has 0 fully saturated rings. The Morgan fingerprint density at radius 1 is 1.00 bits per heavy atom. The summed E-state index contributed by atoms with van der Waals surface area (Å²) in [5, 5.41) is 10.1. The first kappa shape index (κ1) is 28.4. The van der Waals surface area contributed by atoms with E-state index in [0.29, 0.717) is 30.3 Å². The molecule has 0 aliphatic rings. The summed E-state index contributed by atoms with van der Waals surface area (Å²) in [5.41, 5.74) is 6.43. The number of methoxy groups -OCH3 is 1. The number of benzene rings is 2. The average molecular weight is 527 g/mol. The van der Waals surface area contributed by atoms with Gasteiger partial charge >= 0.3 is 13.7 Å². The molecule has 9 heteroatoms. The Balaban J connectivity index is 1.91. The van der Waals surface area contributed by atoms with Crippen molar-refractivity contribution >= 4 is 19.4 Å². The summed E-state index contributed by atoms with van der Waals surface area (Å²) in [6.45, 7) is 10.0. The van der Waals surface area contributed by atoms with Gasteiger partial charge in [0.15, 0.2) is 0 Å². The number of amides is 1. The van der Waals surface area contributed by atoms with Crippen molar-refractivity contribution in [3.8, 4) is 16.9 Å². The third-order valence-electron chi connectivity index (χ3n) is 5.98. The fourth-order valence-corrected chi connectivity index (χ4v) is 5.99. The molecule has 0 atom stereocenters. The van der Waals surface area contributed by atoms with E-state index in [0.717, 1.165) is 33.4 Å². The minimum Gasteiger partial charge on any atom is -0.496 e. The SMILES string of the molecule is CCOP(=O)(Cc1ccc(-c2cc(C)cc(N(Cc3ncc(C)c(OC)c3C)C(=O)O)c2)cc1)OCC. The van der Waals surface area contributed by atoms with Crippen molar-refractivity contribution in [1.82, 2.24) is 4.98 Å². The number of aromatic nitrogens is 1. The predicted molar refractivity (Wildman–Crippen MR) is 146 cm³/mol. The number of ether oxygens (including phenoxy) is 1. The molecule has 0 saturated heterocycles. The van der Waals surface area contributed by atoms with Crippen LogP contribution in [0.1, 0.15) is 41.8 Å². The lowest BCUT2D eigenvalue weighted by atomic mass is 10.0. The van der Waals surface area contributed by atoms with Gasteiger partial charge in [-0.15, -0.1) is 0 Å². The lowest BCUT2D eigenvalue weighted by Gasteiger charge is -2.22. The Labute approximate surface area is 218 Å². The molecule has 1 N–H and O–H groups in total. The summed E-state index contributed by atoms with van der Waals surface area (Å²) in [6, 6.07) is 13.3. The van der Waals surface area contributed by atoms with Crippen molar-refractivity contribution < 1.29 is 28.3 Å². The molecule has 0 spiro atoms. The number of aryl methyl sites for hydroxylation is 2. The van der Waals surface area contributed by atoms with Gasteiger partial charge in [0, 0.05) is 23.0 Å². The summed E-state index contributed by atoms with van der Waals surface area (Å²) >= 11 is 0. The first-order valence-electron chi connectivity index (χ1n) is 12.2. The Bertz CT molecular complexity index is 1280. The number of carboxylic acid groups (broad SMARTS) is 1. The zero-order chi connectivity index (χ0) is 27.2. The molecule has 0 unspecified atom stereocenters. The van der Waals surface area contributed by atoms with Gasteiger partial charge in [-0.05, 0) is 69.0 Å². The summed E-state index contributed by atoms with van der Waals surface area (Å²) in [5.74, 6) is 0.707. The molecule has 198 valence electrons. The van der Waals surface area contributed by atoms with E-state index in [1.54, 1.807) is 27.2 Å². The van der Waals surface area contributed by atoms with Crippen LogP contribution in [0.5, 0.6) is 5.75 Å². The number of rotatable bonds is 11. The van der Waals surface area contributed by atoms with Crippen LogP contribution in [0, 0.1) is 20.8 Å². The first-order valence-corrected chi connectivity index (χ1v) is 13.9. The molecule has 1 aromatic heterocycles. The second-order valence-electron chi connectivity index (χ2n) is 8.77. The Kier molecular flexibility index (Phi) is 9.49. The Morgan fingerprint density at radius 2 is 1.65 bits per heavy atom. The average Bonchev–Trinajstić information content (AvgIpc) is 2.84. The summed E-state index contributed by atoms with van der Waals surface area (Å²) in [4.78, 5) is 18.1. The van der Waals surface area contributed by atoms with Gasteiger partial charge < -0.3 is 18.9 Å². The third-order valence-corrected chi connectivity index (χ3v) is 8.03. The number of hydrogen-bond donors (Lipinski definition) is 1. The van der Waals surface area contributed by atoms with Crippen molar-refractivity contribution in [3.05, 3.63) is 76.6 Å². The second-order valence-corrected chi connectivity index (χ2v) is 10.8. The van der Waals surface area contributed by atoms with Crippen LogP contribution in [0.4, 0.5) is 10.5 Å². The van der Waals surface area contributed by atoms with Crippen LogP contribution >= 0.6 is 7.60 Å². The largest absolute Gasteiger partial charge is 0.496 e. The van der Waals surface area contributed by atoms with Crippen LogP contribution in [-0.2, 0) is 26.3 Å². The minimum atomic E-state index is -3.20. The Hall–Kier alpha value is -3.19. The molecular formula is C28H35N2O6P. The van der Waals surface area contributed by atoms with Gasteiger partial charge in [-0.1, -0.05) is 30.3 Å². The molecule has 8 nitrogen and oxygen atoms in total. The molecule has 1 amide bonds. The van der Waals surface area contributed by atoms with Crippen LogP contribution < -0.4 is 9.64 Å². The second kappa shape index (κ2) is 12.4. The van der Waals surface area contributed by atoms with E-state index in [1.807, 2.05) is 63.2 Å². The zero-order valence-electron chi connectivity index (χ0n) is 22.3. The fourth-order valence-electron chi connectivity index (χ4n) is 4.28. The lowest BCUT2D eigenvalue weighted by Crippen LogP contribution is -2.29. The van der Waals surface area contributed by atoms with Gasteiger partial charge in [0.2, 0.25) is 0 Å².